The molecule has 0 heterocycles. The summed E-state index contributed by atoms with van der Waals surface area (Å²) in [6.45, 7) is 0.211. The zero-order chi connectivity index (χ0) is 8.10. The van der Waals surface area contributed by atoms with Gasteiger partial charge in [-0.15, -0.1) is 0 Å². The van der Waals surface area contributed by atoms with Crippen LogP contribution >= 0.6 is 0 Å². The zero-order valence-corrected chi connectivity index (χ0v) is 6.85. The van der Waals surface area contributed by atoms with E-state index >= 15 is 0 Å². The second-order valence-electron chi connectivity index (χ2n) is 3.27. The smallest absolute Gasteiger partial charge is 0.102 e. The van der Waals surface area contributed by atoms with Crippen LogP contribution in [-0.2, 0) is 0 Å². The molecule has 1 aliphatic carbocycles. The summed E-state index contributed by atoms with van der Waals surface area (Å²) in [4.78, 5) is 0. The summed E-state index contributed by atoms with van der Waals surface area (Å²) in [5.41, 5.74) is 5.76. The molecule has 0 aliphatic heterocycles. The molecule has 11 heavy (non-hydrogen) atoms. The Labute approximate surface area is 67.3 Å². The van der Waals surface area contributed by atoms with Crippen molar-refractivity contribution in [1.82, 2.24) is 5.32 Å². The van der Waals surface area contributed by atoms with E-state index in [0.29, 0.717) is 18.6 Å². The molecule has 3 N–H and O–H groups in total. The molecule has 0 unspecified atom stereocenters. The van der Waals surface area contributed by atoms with Crippen LogP contribution in [0, 0.1) is 0 Å². The van der Waals surface area contributed by atoms with E-state index in [9.17, 15) is 4.39 Å². The van der Waals surface area contributed by atoms with Crippen molar-refractivity contribution < 1.29 is 4.39 Å². The molecular weight excluding hydrogens is 143 g/mol. The fourth-order valence-corrected chi connectivity index (χ4v) is 1.67. The van der Waals surface area contributed by atoms with Gasteiger partial charge in [0.2, 0.25) is 0 Å². The van der Waals surface area contributed by atoms with Crippen molar-refractivity contribution in [2.75, 3.05) is 13.2 Å². The van der Waals surface area contributed by atoms with Gasteiger partial charge in [0.1, 0.15) is 6.67 Å². The molecular formula is C8H17FN2. The van der Waals surface area contributed by atoms with Crippen LogP contribution in [0.15, 0.2) is 0 Å². The second-order valence-corrected chi connectivity index (χ2v) is 3.27. The van der Waals surface area contributed by atoms with Gasteiger partial charge in [-0.1, -0.05) is 6.42 Å². The van der Waals surface area contributed by atoms with E-state index in [1.54, 1.807) is 0 Å². The summed E-state index contributed by atoms with van der Waals surface area (Å²) in [7, 11) is 0. The molecule has 1 aliphatic rings. The summed E-state index contributed by atoms with van der Waals surface area (Å²) in [6, 6.07) is 0.801. The first-order valence-electron chi connectivity index (χ1n) is 4.38. The van der Waals surface area contributed by atoms with E-state index in [4.69, 9.17) is 5.73 Å². The molecule has 1 saturated carbocycles. The van der Waals surface area contributed by atoms with Crippen molar-refractivity contribution in [2.24, 2.45) is 5.73 Å². The lowest BCUT2D eigenvalue weighted by molar-refractivity contribution is 0.327. The molecule has 2 nitrogen and oxygen atoms in total. The third kappa shape index (κ3) is 3.16. The summed E-state index contributed by atoms with van der Waals surface area (Å²) in [6.07, 6.45) is 4.49. The highest BCUT2D eigenvalue weighted by Crippen LogP contribution is 2.16. The van der Waals surface area contributed by atoms with Gasteiger partial charge in [-0.05, 0) is 19.3 Å². The Bertz CT molecular complexity index is 108. The van der Waals surface area contributed by atoms with Gasteiger partial charge in [0, 0.05) is 18.6 Å². The first kappa shape index (κ1) is 8.94. The van der Waals surface area contributed by atoms with E-state index in [0.717, 1.165) is 19.3 Å². The maximum Gasteiger partial charge on any atom is 0.102 e. The lowest BCUT2D eigenvalue weighted by atomic mass is 9.92. The minimum atomic E-state index is -0.272. The van der Waals surface area contributed by atoms with E-state index in [2.05, 4.69) is 5.32 Å². The van der Waals surface area contributed by atoms with Crippen molar-refractivity contribution in [3.63, 3.8) is 0 Å². The van der Waals surface area contributed by atoms with Crippen molar-refractivity contribution >= 4 is 0 Å². The molecule has 1 rings (SSSR count). The quantitative estimate of drug-likeness (QED) is 0.641. The molecule has 1 fully saturated rings. The molecule has 3 heteroatoms. The average molecular weight is 160 g/mol. The molecule has 0 aromatic heterocycles. The maximum atomic E-state index is 11.8. The van der Waals surface area contributed by atoms with Gasteiger partial charge < -0.3 is 11.1 Å². The number of rotatable bonds is 3. The predicted octanol–water partition coefficient (Wildman–Crippen LogP) is 0.815. The van der Waals surface area contributed by atoms with Crippen molar-refractivity contribution in [2.45, 2.75) is 37.8 Å². The fraction of sp³-hybridized carbons (Fsp3) is 1.00. The van der Waals surface area contributed by atoms with E-state index in [-0.39, 0.29) is 6.67 Å². The van der Waals surface area contributed by atoms with Crippen LogP contribution in [0.1, 0.15) is 25.7 Å². The Morgan fingerprint density at radius 1 is 1.45 bits per heavy atom. The van der Waals surface area contributed by atoms with Gasteiger partial charge in [-0.3, -0.25) is 0 Å². The van der Waals surface area contributed by atoms with E-state index < -0.39 is 0 Å². The summed E-state index contributed by atoms with van der Waals surface area (Å²) >= 11 is 0. The standard InChI is InChI=1S/C8H17FN2/c9-4-5-11-8-3-1-2-7(10)6-8/h7-8,11H,1-6,10H2/t7-,8+/m1/s1. The number of hydrogen-bond acceptors (Lipinski definition) is 2. The van der Waals surface area contributed by atoms with Crippen LogP contribution in [0.2, 0.25) is 0 Å². The third-order valence-corrected chi connectivity index (χ3v) is 2.24. The highest BCUT2D eigenvalue weighted by molar-refractivity contribution is 4.79. The zero-order valence-electron chi connectivity index (χ0n) is 6.85. The number of nitrogens with one attached hydrogen (secondary N) is 1. The Hall–Kier alpha value is -0.150. The molecule has 0 bridgehead atoms. The second kappa shape index (κ2) is 4.67. The molecule has 2 atom stereocenters. The van der Waals surface area contributed by atoms with Crippen LogP contribution in [0.4, 0.5) is 4.39 Å². The largest absolute Gasteiger partial charge is 0.328 e. The summed E-state index contributed by atoms with van der Waals surface area (Å²) in [5.74, 6) is 0. The summed E-state index contributed by atoms with van der Waals surface area (Å²) in [5, 5.41) is 3.15. The Kier molecular flexibility index (Phi) is 3.80. The van der Waals surface area contributed by atoms with Crippen LogP contribution in [0.3, 0.4) is 0 Å². The van der Waals surface area contributed by atoms with Crippen LogP contribution in [-0.4, -0.2) is 25.3 Å². The monoisotopic (exact) mass is 160 g/mol. The van der Waals surface area contributed by atoms with Crippen molar-refractivity contribution in [3.8, 4) is 0 Å². The lowest BCUT2D eigenvalue weighted by Gasteiger charge is -2.26. The fourth-order valence-electron chi connectivity index (χ4n) is 1.67. The topological polar surface area (TPSA) is 38.0 Å². The third-order valence-electron chi connectivity index (χ3n) is 2.24. The molecule has 66 valence electrons. The Morgan fingerprint density at radius 3 is 2.91 bits per heavy atom. The van der Waals surface area contributed by atoms with E-state index in [1.165, 1.54) is 6.42 Å². The van der Waals surface area contributed by atoms with Crippen molar-refractivity contribution in [1.29, 1.82) is 0 Å². The van der Waals surface area contributed by atoms with Gasteiger partial charge in [-0.2, -0.15) is 0 Å². The number of hydrogen-bond donors (Lipinski definition) is 2. The van der Waals surface area contributed by atoms with Crippen LogP contribution in [0.5, 0.6) is 0 Å². The number of halogens is 1. The maximum absolute atomic E-state index is 11.8. The number of alkyl halides is 1. The van der Waals surface area contributed by atoms with Gasteiger partial charge >= 0.3 is 0 Å². The van der Waals surface area contributed by atoms with Gasteiger partial charge in [0.15, 0.2) is 0 Å². The Balaban J connectivity index is 2.12. The minimum Gasteiger partial charge on any atom is -0.328 e. The molecule has 0 amide bonds. The van der Waals surface area contributed by atoms with Crippen LogP contribution in [0.25, 0.3) is 0 Å². The minimum absolute atomic E-state index is 0.272. The van der Waals surface area contributed by atoms with Crippen molar-refractivity contribution in [3.05, 3.63) is 0 Å². The predicted molar refractivity (Wildman–Crippen MR) is 44.2 cm³/mol. The van der Waals surface area contributed by atoms with Gasteiger partial charge in [-0.25, -0.2) is 4.39 Å². The average Bonchev–Trinajstić information content (AvgIpc) is 2.01. The van der Waals surface area contributed by atoms with E-state index in [1.807, 2.05) is 0 Å². The lowest BCUT2D eigenvalue weighted by Crippen LogP contribution is -2.40. The SMILES string of the molecule is N[C@@H]1CCC[C@H](NCCF)C1. The molecule has 0 radical (unpaired) electrons. The van der Waals surface area contributed by atoms with Gasteiger partial charge in [0.25, 0.3) is 0 Å². The number of nitrogens with two attached hydrogens (primary N) is 1. The first-order valence-corrected chi connectivity index (χ1v) is 4.38. The van der Waals surface area contributed by atoms with Gasteiger partial charge in [0.05, 0.1) is 0 Å². The molecule has 0 aromatic carbocycles. The Morgan fingerprint density at radius 2 is 2.27 bits per heavy atom. The molecule has 0 saturated heterocycles. The molecule has 0 spiro atoms. The highest BCUT2D eigenvalue weighted by Gasteiger charge is 2.17. The highest BCUT2D eigenvalue weighted by atomic mass is 19.1. The first-order chi connectivity index (χ1) is 5.33. The van der Waals surface area contributed by atoms with Crippen LogP contribution < -0.4 is 11.1 Å². The normalized spacial score (nSPS) is 32.2. The molecule has 0 aromatic rings. The summed E-state index contributed by atoms with van der Waals surface area (Å²) < 4.78 is 11.8.